The maximum absolute atomic E-state index is 5.48. The van der Waals surface area contributed by atoms with Crippen molar-refractivity contribution in [2.24, 2.45) is 0 Å². The largest absolute Gasteiger partial charge is 0.378 e. The van der Waals surface area contributed by atoms with Crippen molar-refractivity contribution in [3.05, 3.63) is 58.8 Å². The molecule has 1 aliphatic heterocycles. The molecule has 0 bridgehead atoms. The first-order chi connectivity index (χ1) is 13.9. The predicted molar refractivity (Wildman–Crippen MR) is 111 cm³/mol. The Morgan fingerprint density at radius 3 is 2.79 bits per heavy atom. The van der Waals surface area contributed by atoms with Crippen molar-refractivity contribution in [3.8, 4) is 11.4 Å². The van der Waals surface area contributed by atoms with Crippen molar-refractivity contribution in [2.45, 2.75) is 6.54 Å². The first-order valence-electron chi connectivity index (χ1n) is 9.28. The van der Waals surface area contributed by atoms with Gasteiger partial charge in [0.05, 0.1) is 13.2 Å². The maximum atomic E-state index is 5.48. The van der Waals surface area contributed by atoms with Gasteiger partial charge in [-0.1, -0.05) is 18.2 Å². The fraction of sp³-hybridized carbons (Fsp3) is 0.250. The van der Waals surface area contributed by atoms with Crippen LogP contribution in [-0.2, 0) is 11.3 Å². The number of aromatic nitrogens is 4. The fourth-order valence-corrected chi connectivity index (χ4v) is 4.05. The molecule has 142 valence electrons. The molecule has 5 rings (SSSR count). The first-order valence-corrected chi connectivity index (χ1v) is 10.2. The zero-order valence-electron chi connectivity index (χ0n) is 15.3. The molecule has 0 aliphatic carbocycles. The molecule has 7 nitrogen and oxygen atoms in total. The molecule has 1 fully saturated rings. The van der Waals surface area contributed by atoms with Crippen LogP contribution in [0, 0.1) is 0 Å². The Morgan fingerprint density at radius 2 is 1.93 bits per heavy atom. The molecule has 4 aromatic rings. The second kappa shape index (κ2) is 7.57. The average molecular weight is 392 g/mol. The molecule has 1 aromatic carbocycles. The van der Waals surface area contributed by atoms with Crippen molar-refractivity contribution < 1.29 is 4.74 Å². The van der Waals surface area contributed by atoms with E-state index in [0.29, 0.717) is 6.54 Å². The van der Waals surface area contributed by atoms with Gasteiger partial charge in [0.25, 0.3) is 0 Å². The van der Waals surface area contributed by atoms with Crippen LogP contribution < -0.4 is 10.2 Å². The highest BCUT2D eigenvalue weighted by Gasteiger charge is 2.15. The summed E-state index contributed by atoms with van der Waals surface area (Å²) in [5, 5.41) is 20.7. The zero-order valence-corrected chi connectivity index (χ0v) is 16.1. The third kappa shape index (κ3) is 3.32. The van der Waals surface area contributed by atoms with Crippen LogP contribution in [0.5, 0.6) is 0 Å². The van der Waals surface area contributed by atoms with Crippen molar-refractivity contribution >= 4 is 28.5 Å². The van der Waals surface area contributed by atoms with Gasteiger partial charge in [-0.15, -0.1) is 15.3 Å². The monoisotopic (exact) mass is 392 g/mol. The van der Waals surface area contributed by atoms with Crippen LogP contribution in [0.4, 0.5) is 11.5 Å². The van der Waals surface area contributed by atoms with E-state index < -0.39 is 0 Å². The number of hydrogen-bond donors (Lipinski definition) is 1. The quantitative estimate of drug-likeness (QED) is 0.562. The Bertz CT molecular complexity index is 1070. The summed E-state index contributed by atoms with van der Waals surface area (Å²) in [5.74, 6) is 1.55. The number of rotatable bonds is 5. The van der Waals surface area contributed by atoms with Crippen molar-refractivity contribution in [2.75, 3.05) is 36.5 Å². The van der Waals surface area contributed by atoms with Gasteiger partial charge < -0.3 is 15.0 Å². The lowest BCUT2D eigenvalue weighted by Crippen LogP contribution is -2.36. The number of nitrogens with one attached hydrogen (secondary N) is 1. The number of morpholine rings is 1. The second-order valence-electron chi connectivity index (χ2n) is 6.61. The van der Waals surface area contributed by atoms with E-state index in [4.69, 9.17) is 9.84 Å². The van der Waals surface area contributed by atoms with Gasteiger partial charge in [-0.05, 0) is 35.2 Å². The summed E-state index contributed by atoms with van der Waals surface area (Å²) in [6.45, 7) is 4.09. The molecule has 0 unspecified atom stereocenters. The average Bonchev–Trinajstić information content (AvgIpc) is 3.42. The number of thiophene rings is 1. The van der Waals surface area contributed by atoms with Crippen LogP contribution in [0.2, 0.25) is 0 Å². The molecular formula is C20H20N6OS. The van der Waals surface area contributed by atoms with Gasteiger partial charge in [0, 0.05) is 36.3 Å². The molecule has 1 aliphatic rings. The molecule has 1 saturated heterocycles. The van der Waals surface area contributed by atoms with E-state index in [1.165, 1.54) is 11.3 Å². The molecule has 4 heterocycles. The van der Waals surface area contributed by atoms with Gasteiger partial charge in [-0.2, -0.15) is 15.9 Å². The van der Waals surface area contributed by atoms with Gasteiger partial charge in [0.15, 0.2) is 11.5 Å². The summed E-state index contributed by atoms with van der Waals surface area (Å²) < 4.78 is 7.27. The highest BCUT2D eigenvalue weighted by atomic mass is 32.1. The Kier molecular flexibility index (Phi) is 4.64. The molecule has 0 radical (unpaired) electrons. The Hall–Kier alpha value is -2.97. The number of benzene rings is 1. The van der Waals surface area contributed by atoms with E-state index in [2.05, 4.69) is 50.1 Å². The van der Waals surface area contributed by atoms with Crippen molar-refractivity contribution in [1.29, 1.82) is 0 Å². The van der Waals surface area contributed by atoms with E-state index in [9.17, 15) is 0 Å². The lowest BCUT2D eigenvalue weighted by atomic mass is 10.1. The molecule has 3 aromatic heterocycles. The zero-order chi connectivity index (χ0) is 18.8. The smallest absolute Gasteiger partial charge is 0.186 e. The lowest BCUT2D eigenvalue weighted by Gasteiger charge is -2.30. The number of nitrogens with zero attached hydrogens (tertiary/aromatic N) is 5. The third-order valence-electron chi connectivity index (χ3n) is 4.85. The Labute approximate surface area is 166 Å². The van der Waals surface area contributed by atoms with Crippen LogP contribution in [0.15, 0.2) is 53.2 Å². The van der Waals surface area contributed by atoms with Crippen molar-refractivity contribution in [3.63, 3.8) is 0 Å². The number of para-hydroxylation sites is 1. The third-order valence-corrected chi connectivity index (χ3v) is 5.53. The summed E-state index contributed by atoms with van der Waals surface area (Å²) in [5.41, 5.74) is 4.26. The van der Waals surface area contributed by atoms with Gasteiger partial charge in [-0.25, -0.2) is 0 Å². The van der Waals surface area contributed by atoms with E-state index in [0.717, 1.165) is 49.2 Å². The summed E-state index contributed by atoms with van der Waals surface area (Å²) in [7, 11) is 0. The molecule has 0 amide bonds. The van der Waals surface area contributed by atoms with E-state index in [1.54, 1.807) is 15.9 Å². The van der Waals surface area contributed by atoms with Crippen LogP contribution in [0.25, 0.3) is 17.0 Å². The first kappa shape index (κ1) is 17.2. The van der Waals surface area contributed by atoms with Gasteiger partial charge >= 0.3 is 0 Å². The van der Waals surface area contributed by atoms with Crippen LogP contribution in [-0.4, -0.2) is 46.1 Å². The van der Waals surface area contributed by atoms with Crippen LogP contribution >= 0.6 is 11.3 Å². The Balaban J connectivity index is 1.39. The molecule has 1 N–H and O–H groups in total. The minimum absolute atomic E-state index is 0.696. The van der Waals surface area contributed by atoms with Gasteiger partial charge in [0.2, 0.25) is 0 Å². The summed E-state index contributed by atoms with van der Waals surface area (Å²) in [6.07, 6.45) is 0. The molecule has 0 saturated carbocycles. The van der Waals surface area contributed by atoms with E-state index >= 15 is 0 Å². The highest BCUT2D eigenvalue weighted by Crippen LogP contribution is 2.23. The summed E-state index contributed by atoms with van der Waals surface area (Å²) in [6, 6.07) is 14.4. The summed E-state index contributed by atoms with van der Waals surface area (Å²) in [4.78, 5) is 2.38. The topological polar surface area (TPSA) is 67.6 Å². The van der Waals surface area contributed by atoms with E-state index in [-0.39, 0.29) is 0 Å². The van der Waals surface area contributed by atoms with Crippen molar-refractivity contribution in [1.82, 2.24) is 19.8 Å². The number of hydrogen-bond acceptors (Lipinski definition) is 7. The van der Waals surface area contributed by atoms with Crippen LogP contribution in [0.1, 0.15) is 5.56 Å². The van der Waals surface area contributed by atoms with Gasteiger partial charge in [0.1, 0.15) is 5.82 Å². The fourth-order valence-electron chi connectivity index (χ4n) is 3.41. The number of ether oxygens (including phenoxy) is 1. The number of anilines is 2. The van der Waals surface area contributed by atoms with Crippen LogP contribution in [0.3, 0.4) is 0 Å². The molecule has 8 heteroatoms. The lowest BCUT2D eigenvalue weighted by molar-refractivity contribution is 0.122. The standard InChI is InChI=1S/C20H20N6OS/c1-2-4-17(25-8-10-27-11-9-25)15(3-1)13-21-18-5-6-19-22-23-20(26(19)24-18)16-7-12-28-14-16/h1-7,12,14H,8-11,13H2,(H,21,24). The highest BCUT2D eigenvalue weighted by molar-refractivity contribution is 7.08. The molecular weight excluding hydrogens is 372 g/mol. The summed E-state index contributed by atoms with van der Waals surface area (Å²) >= 11 is 1.64. The normalized spacial score (nSPS) is 14.5. The second-order valence-corrected chi connectivity index (χ2v) is 7.39. The predicted octanol–water partition coefficient (Wildman–Crippen LogP) is 3.30. The Morgan fingerprint density at radius 1 is 1.04 bits per heavy atom. The molecule has 28 heavy (non-hydrogen) atoms. The number of fused-ring (bicyclic) bond motifs is 1. The SMILES string of the molecule is c1ccc(N2CCOCC2)c(CNc2ccc3nnc(-c4ccsc4)n3n2)c1. The molecule has 0 spiro atoms. The molecule has 0 atom stereocenters. The van der Waals surface area contributed by atoms with E-state index in [1.807, 2.05) is 23.6 Å². The minimum atomic E-state index is 0.696. The van der Waals surface area contributed by atoms with Gasteiger partial charge in [-0.3, -0.25) is 0 Å². The maximum Gasteiger partial charge on any atom is 0.186 e. The minimum Gasteiger partial charge on any atom is -0.378 e.